The Morgan fingerprint density at radius 2 is 1.30 bits per heavy atom. The van der Waals surface area contributed by atoms with Gasteiger partial charge in [-0.2, -0.15) is 10.2 Å². The summed E-state index contributed by atoms with van der Waals surface area (Å²) in [5.41, 5.74) is 3.03. The fourth-order valence-electron chi connectivity index (χ4n) is 5.60. The van der Waals surface area contributed by atoms with Crippen molar-refractivity contribution < 1.29 is 73.8 Å². The molecule has 2 rings (SSSR count). The fraction of sp³-hybridized carbons (Fsp3) is 0.821. The summed E-state index contributed by atoms with van der Waals surface area (Å²) < 4.78 is 28.3. The molecule has 0 radical (unpaired) electrons. The molecule has 2 aliphatic rings. The second kappa shape index (κ2) is 16.4. The molecule has 0 saturated carbocycles. The minimum Gasteiger partial charge on any atom is -0.479 e. The number of ether oxygens (including phenoxy) is 5. The molecule has 0 aromatic rings. The smallest absolute Gasteiger partial charge is 0.335 e. The molecule has 270 valence electrons. The molecule has 0 aliphatic carbocycles. The van der Waals surface area contributed by atoms with E-state index in [2.05, 4.69) is 34.5 Å². The Kier molecular flexibility index (Phi) is 14.0. The molecule has 2 fully saturated rings. The topological polar surface area (TPSA) is 288 Å². The lowest BCUT2D eigenvalue weighted by molar-refractivity contribution is -0.323. The summed E-state index contributed by atoms with van der Waals surface area (Å²) in [5.74, 6) is -7.51. The minimum absolute atomic E-state index is 0.463. The standard InChI is InChI=1S/C28H48N4O15/c1-27(2,3)14-16(34)18(36)25(46-21(14)24(41)42)44-12(10-32-30-8)19(22(37)38)43-11(9-31-29-7)13-15(33)17(35)26(47-28(4,5)6)45-20(13)23(39)40/h11-21,25-26,31-36H,7-10H2,1-6H3,(H,37,38)(H,39,40)(H,41,42)/t11?,12?,13-,14-,15+,16+,17?,18?,19?,20?,21?,25+,26-/m0/s1. The van der Waals surface area contributed by atoms with Crippen LogP contribution in [0.2, 0.25) is 0 Å². The number of rotatable bonds is 16. The second-order valence-electron chi connectivity index (χ2n) is 13.3. The predicted molar refractivity (Wildman–Crippen MR) is 160 cm³/mol. The van der Waals surface area contributed by atoms with Crippen molar-refractivity contribution in [3.8, 4) is 0 Å². The summed E-state index contributed by atoms with van der Waals surface area (Å²) in [5, 5.41) is 80.9. The van der Waals surface area contributed by atoms with Crippen LogP contribution < -0.4 is 10.9 Å². The molecule has 0 spiro atoms. The summed E-state index contributed by atoms with van der Waals surface area (Å²) >= 11 is 0. The average Bonchev–Trinajstić information content (AvgIpc) is 2.94. The highest BCUT2D eigenvalue weighted by Crippen LogP contribution is 2.40. The van der Waals surface area contributed by atoms with Crippen LogP contribution in [-0.4, -0.2) is 153 Å². The lowest BCUT2D eigenvalue weighted by Gasteiger charge is -2.47. The maximum atomic E-state index is 12.6. The molecule has 0 aromatic carbocycles. The predicted octanol–water partition coefficient (Wildman–Crippen LogP) is -2.22. The first-order chi connectivity index (χ1) is 21.7. The number of carboxylic acids is 3. The Labute approximate surface area is 271 Å². The first-order valence-corrected chi connectivity index (χ1v) is 14.7. The van der Waals surface area contributed by atoms with Crippen LogP contribution in [0.1, 0.15) is 41.5 Å². The van der Waals surface area contributed by atoms with Crippen LogP contribution in [0.25, 0.3) is 0 Å². The van der Waals surface area contributed by atoms with Crippen LogP contribution in [0.5, 0.6) is 0 Å². The normalized spacial score (nSPS) is 33.6. The number of aliphatic carboxylic acids is 3. The molecule has 0 bridgehead atoms. The number of nitrogens with zero attached hydrogens (tertiary/aromatic N) is 2. The van der Waals surface area contributed by atoms with Gasteiger partial charge in [0.15, 0.2) is 30.9 Å². The Morgan fingerprint density at radius 3 is 1.77 bits per heavy atom. The van der Waals surface area contributed by atoms with Gasteiger partial charge in [-0.15, -0.1) is 0 Å². The summed E-state index contributed by atoms with van der Waals surface area (Å²) in [6.45, 7) is 15.3. The van der Waals surface area contributed by atoms with Gasteiger partial charge in [0.05, 0.1) is 42.9 Å². The molecule has 9 N–H and O–H groups in total. The Hall–Kier alpha value is -3.01. The number of hydrogen-bond acceptors (Lipinski definition) is 16. The number of hydrogen-bond donors (Lipinski definition) is 9. The van der Waals surface area contributed by atoms with Gasteiger partial charge in [-0.3, -0.25) is 0 Å². The molecule has 2 heterocycles. The monoisotopic (exact) mass is 680 g/mol. The summed E-state index contributed by atoms with van der Waals surface area (Å²) in [7, 11) is 0. The van der Waals surface area contributed by atoms with Gasteiger partial charge in [-0.1, -0.05) is 20.8 Å². The summed E-state index contributed by atoms with van der Waals surface area (Å²) in [6, 6.07) is 0. The Balaban J connectivity index is 2.50. The third-order valence-electron chi connectivity index (χ3n) is 7.66. The van der Waals surface area contributed by atoms with Crippen LogP contribution in [0, 0.1) is 17.3 Å². The van der Waals surface area contributed by atoms with Crippen molar-refractivity contribution in [1.82, 2.24) is 10.9 Å². The number of carbonyl (C=O) groups is 3. The van der Waals surface area contributed by atoms with E-state index >= 15 is 0 Å². The molecular weight excluding hydrogens is 632 g/mol. The van der Waals surface area contributed by atoms with Gasteiger partial charge < -0.3 is 70.3 Å². The van der Waals surface area contributed by atoms with E-state index in [1.165, 1.54) is 0 Å². The van der Waals surface area contributed by atoms with Gasteiger partial charge >= 0.3 is 17.9 Å². The zero-order chi connectivity index (χ0) is 36.0. The first kappa shape index (κ1) is 40.2. The molecule has 0 amide bonds. The fourth-order valence-corrected chi connectivity index (χ4v) is 5.60. The quantitative estimate of drug-likeness (QED) is 0.0616. The number of aliphatic hydroxyl groups excluding tert-OH is 4. The third kappa shape index (κ3) is 10.2. The number of hydrazone groups is 2. The molecular formula is C28H48N4O15. The van der Waals surface area contributed by atoms with Crippen molar-refractivity contribution >= 4 is 31.3 Å². The van der Waals surface area contributed by atoms with Crippen molar-refractivity contribution in [3.05, 3.63) is 0 Å². The average molecular weight is 681 g/mol. The maximum Gasteiger partial charge on any atom is 0.335 e. The second-order valence-corrected chi connectivity index (χ2v) is 13.3. The molecule has 47 heavy (non-hydrogen) atoms. The molecule has 2 aliphatic heterocycles. The summed E-state index contributed by atoms with van der Waals surface area (Å²) in [4.78, 5) is 37.1. The van der Waals surface area contributed by atoms with Crippen molar-refractivity contribution in [3.63, 3.8) is 0 Å². The largest absolute Gasteiger partial charge is 0.479 e. The van der Waals surface area contributed by atoms with E-state index < -0.39 is 121 Å². The van der Waals surface area contributed by atoms with Gasteiger partial charge in [0, 0.05) is 19.4 Å². The SMILES string of the molecule is C=NNCC(O[C@@H]1OC(C(=O)O)[C@@H](C(C)(C)C)[C@@H](O)C1O)C(OC(CNN=C)[C@@H]1C(C(=O)O)O[C@@H](OC(C)(C)C)C(O)[C@@H]1O)C(=O)O. The molecule has 7 unspecified atom stereocenters. The maximum absolute atomic E-state index is 12.6. The summed E-state index contributed by atoms with van der Waals surface area (Å²) in [6.07, 6.45) is -19.7. The molecule has 2 saturated heterocycles. The highest BCUT2D eigenvalue weighted by Gasteiger charge is 2.55. The molecule has 19 nitrogen and oxygen atoms in total. The van der Waals surface area contributed by atoms with Crippen molar-refractivity contribution in [2.24, 2.45) is 27.5 Å². The van der Waals surface area contributed by atoms with Crippen molar-refractivity contribution in [2.45, 2.75) is 115 Å². The van der Waals surface area contributed by atoms with Crippen LogP contribution in [-0.2, 0) is 38.1 Å². The molecule has 0 aromatic heterocycles. The van der Waals surface area contributed by atoms with E-state index in [-0.39, 0.29) is 0 Å². The lowest BCUT2D eigenvalue weighted by atomic mass is 9.71. The van der Waals surface area contributed by atoms with Crippen LogP contribution in [0.4, 0.5) is 0 Å². The van der Waals surface area contributed by atoms with Crippen LogP contribution in [0.15, 0.2) is 10.2 Å². The van der Waals surface area contributed by atoms with E-state index in [0.717, 1.165) is 0 Å². The Bertz CT molecular complexity index is 1100. The molecule has 19 heteroatoms. The van der Waals surface area contributed by atoms with E-state index in [4.69, 9.17) is 23.7 Å². The van der Waals surface area contributed by atoms with E-state index in [0.29, 0.717) is 0 Å². The van der Waals surface area contributed by atoms with Gasteiger partial charge in [0.1, 0.15) is 18.3 Å². The van der Waals surface area contributed by atoms with Gasteiger partial charge in [0.2, 0.25) is 0 Å². The highest BCUT2D eigenvalue weighted by atomic mass is 16.7. The highest BCUT2D eigenvalue weighted by molar-refractivity contribution is 5.74. The zero-order valence-corrected chi connectivity index (χ0v) is 27.1. The van der Waals surface area contributed by atoms with E-state index in [9.17, 15) is 50.1 Å². The van der Waals surface area contributed by atoms with Gasteiger partial charge in [-0.05, 0) is 26.2 Å². The van der Waals surface area contributed by atoms with E-state index in [1.807, 2.05) is 0 Å². The van der Waals surface area contributed by atoms with E-state index in [1.54, 1.807) is 41.5 Å². The van der Waals surface area contributed by atoms with Crippen LogP contribution in [0.3, 0.4) is 0 Å². The van der Waals surface area contributed by atoms with Gasteiger partial charge in [0.25, 0.3) is 0 Å². The Morgan fingerprint density at radius 1 is 0.787 bits per heavy atom. The van der Waals surface area contributed by atoms with Gasteiger partial charge in [-0.25, -0.2) is 14.4 Å². The number of carboxylic acid groups (broad SMARTS) is 3. The zero-order valence-electron chi connectivity index (χ0n) is 27.1. The lowest BCUT2D eigenvalue weighted by Crippen LogP contribution is -2.64. The number of nitrogens with one attached hydrogen (secondary N) is 2. The van der Waals surface area contributed by atoms with Crippen molar-refractivity contribution in [1.29, 1.82) is 0 Å². The first-order valence-electron chi connectivity index (χ1n) is 14.7. The van der Waals surface area contributed by atoms with Crippen LogP contribution >= 0.6 is 0 Å². The molecule has 13 atom stereocenters. The number of aliphatic hydroxyl groups is 4. The minimum atomic E-state index is -2.08. The van der Waals surface area contributed by atoms with Crippen molar-refractivity contribution in [2.75, 3.05) is 13.1 Å². The third-order valence-corrected chi connectivity index (χ3v) is 7.66.